The Morgan fingerprint density at radius 3 is 2.50 bits per heavy atom. The van der Waals surface area contributed by atoms with Gasteiger partial charge in [-0.05, 0) is 31.6 Å². The Kier molecular flexibility index (Phi) is 7.08. The van der Waals surface area contributed by atoms with Crippen LogP contribution >= 0.6 is 12.2 Å². The predicted molar refractivity (Wildman–Crippen MR) is 97.0 cm³/mol. The summed E-state index contributed by atoms with van der Waals surface area (Å²) in [6.07, 6.45) is 0.769. The van der Waals surface area contributed by atoms with Crippen LogP contribution in [0.1, 0.15) is 30.6 Å². The van der Waals surface area contributed by atoms with Crippen LogP contribution in [0.2, 0.25) is 0 Å². The van der Waals surface area contributed by atoms with E-state index in [4.69, 9.17) is 29.4 Å². The standard InChI is InChI=1S/C15H22FN5O2S/c1-3-10(15(19)23)20-12-6-11(21-13(24)4-7(2)17)8(14(18)22)5-9(12)16/h4-6,10,15,20,23H,3,17,19H2,1-2H3,(H2,18,22)(H,21,24)/t10-,15?/m1/s1. The number of nitrogens with two attached hydrogens (primary N) is 3. The molecule has 0 heterocycles. The van der Waals surface area contributed by atoms with Gasteiger partial charge in [-0.3, -0.25) is 4.79 Å². The zero-order valence-corrected chi connectivity index (χ0v) is 14.3. The molecule has 7 nitrogen and oxygen atoms in total. The van der Waals surface area contributed by atoms with Gasteiger partial charge in [0, 0.05) is 5.70 Å². The van der Waals surface area contributed by atoms with Crippen molar-refractivity contribution in [3.8, 4) is 0 Å². The molecule has 0 aliphatic carbocycles. The highest BCUT2D eigenvalue weighted by Gasteiger charge is 2.18. The number of hydrogen-bond acceptors (Lipinski definition) is 6. The fraction of sp³-hybridized carbons (Fsp3) is 0.333. The summed E-state index contributed by atoms with van der Waals surface area (Å²) in [5, 5.41) is 15.1. The lowest BCUT2D eigenvalue weighted by Crippen LogP contribution is -2.39. The summed E-state index contributed by atoms with van der Waals surface area (Å²) in [5.41, 5.74) is 16.9. The first-order valence-electron chi connectivity index (χ1n) is 7.24. The first-order valence-corrected chi connectivity index (χ1v) is 7.64. The Balaban J connectivity index is 3.24. The number of thiocarbonyl (C=S) groups is 1. The average Bonchev–Trinajstić information content (AvgIpc) is 2.45. The lowest BCUT2D eigenvalue weighted by molar-refractivity contribution is 0.100. The Bertz CT molecular complexity index is 660. The summed E-state index contributed by atoms with van der Waals surface area (Å²) in [6.45, 7) is 3.43. The van der Waals surface area contributed by atoms with Crippen molar-refractivity contribution in [2.45, 2.75) is 32.5 Å². The average molecular weight is 355 g/mol. The number of amides is 1. The summed E-state index contributed by atoms with van der Waals surface area (Å²) < 4.78 is 14.2. The van der Waals surface area contributed by atoms with Crippen molar-refractivity contribution in [2.24, 2.45) is 17.2 Å². The zero-order chi connectivity index (χ0) is 18.4. The molecule has 1 rings (SSSR count). The molecule has 1 unspecified atom stereocenters. The smallest absolute Gasteiger partial charge is 0.250 e. The minimum absolute atomic E-state index is 0.0510. The molecule has 132 valence electrons. The molecule has 9 N–H and O–H groups in total. The third kappa shape index (κ3) is 5.44. The van der Waals surface area contributed by atoms with E-state index in [1.807, 2.05) is 0 Å². The molecule has 0 radical (unpaired) electrons. The van der Waals surface area contributed by atoms with Crippen molar-refractivity contribution in [3.05, 3.63) is 35.3 Å². The number of allylic oxidation sites excluding steroid dienone is 1. The molecule has 0 aliphatic rings. The molecular weight excluding hydrogens is 333 g/mol. The molecule has 0 bridgehead atoms. The molecular formula is C15H22FN5O2S. The number of halogens is 1. The SMILES string of the molecule is CC[C@@H](Nc1cc(NC(=S)C=C(C)N)c(C(N)=O)cc1F)C(N)O. The number of anilines is 2. The van der Waals surface area contributed by atoms with E-state index in [2.05, 4.69) is 10.6 Å². The normalized spacial score (nSPS) is 14.0. The van der Waals surface area contributed by atoms with Crippen LogP contribution in [-0.4, -0.2) is 28.3 Å². The topological polar surface area (TPSA) is 139 Å². The van der Waals surface area contributed by atoms with E-state index >= 15 is 0 Å². The Hall–Kier alpha value is -2.23. The van der Waals surface area contributed by atoms with Gasteiger partial charge in [-0.2, -0.15) is 0 Å². The second kappa shape index (κ2) is 8.57. The highest BCUT2D eigenvalue weighted by atomic mass is 32.1. The summed E-state index contributed by atoms with van der Waals surface area (Å²) >= 11 is 5.09. The van der Waals surface area contributed by atoms with Crippen LogP contribution in [-0.2, 0) is 0 Å². The first kappa shape index (κ1) is 19.8. The second-order valence-corrected chi connectivity index (χ2v) is 5.71. The molecule has 1 aromatic carbocycles. The third-order valence-corrected chi connectivity index (χ3v) is 3.40. The van der Waals surface area contributed by atoms with E-state index in [0.717, 1.165) is 6.07 Å². The molecule has 0 saturated carbocycles. The molecule has 0 fully saturated rings. The maximum absolute atomic E-state index is 14.2. The first-order chi connectivity index (χ1) is 11.1. The van der Waals surface area contributed by atoms with Gasteiger partial charge in [-0.25, -0.2) is 4.39 Å². The number of nitrogens with one attached hydrogen (secondary N) is 2. The molecule has 0 spiro atoms. The van der Waals surface area contributed by atoms with Crippen LogP contribution in [0.15, 0.2) is 23.9 Å². The van der Waals surface area contributed by atoms with E-state index in [1.165, 1.54) is 12.1 Å². The van der Waals surface area contributed by atoms with Crippen LogP contribution in [0.5, 0.6) is 0 Å². The molecule has 0 aliphatic heterocycles. The van der Waals surface area contributed by atoms with Crippen LogP contribution in [0, 0.1) is 5.82 Å². The number of hydrogen-bond donors (Lipinski definition) is 6. The predicted octanol–water partition coefficient (Wildman–Crippen LogP) is 0.994. The van der Waals surface area contributed by atoms with Gasteiger partial charge in [0.2, 0.25) is 0 Å². The van der Waals surface area contributed by atoms with E-state index in [1.54, 1.807) is 13.8 Å². The monoisotopic (exact) mass is 355 g/mol. The maximum atomic E-state index is 14.2. The molecule has 1 aromatic rings. The van der Waals surface area contributed by atoms with Gasteiger partial charge in [0.15, 0.2) is 0 Å². The number of carbonyl (C=O) groups is 1. The fourth-order valence-electron chi connectivity index (χ4n) is 2.00. The van der Waals surface area contributed by atoms with E-state index in [9.17, 15) is 14.3 Å². The highest BCUT2D eigenvalue weighted by Crippen LogP contribution is 2.26. The highest BCUT2D eigenvalue weighted by molar-refractivity contribution is 7.81. The Labute approximate surface area is 145 Å². The molecule has 0 aromatic heterocycles. The molecule has 2 atom stereocenters. The van der Waals surface area contributed by atoms with Crippen molar-refractivity contribution in [3.63, 3.8) is 0 Å². The Morgan fingerprint density at radius 1 is 1.42 bits per heavy atom. The quantitative estimate of drug-likeness (QED) is 0.243. The van der Waals surface area contributed by atoms with Gasteiger partial charge in [-0.1, -0.05) is 19.1 Å². The van der Waals surface area contributed by atoms with Gasteiger partial charge in [-0.15, -0.1) is 0 Å². The van der Waals surface area contributed by atoms with Gasteiger partial charge < -0.3 is 32.9 Å². The summed E-state index contributed by atoms with van der Waals surface area (Å²) in [7, 11) is 0. The number of benzene rings is 1. The van der Waals surface area contributed by atoms with Crippen LogP contribution in [0.4, 0.5) is 15.8 Å². The minimum Gasteiger partial charge on any atom is -0.402 e. The van der Waals surface area contributed by atoms with Gasteiger partial charge in [0.1, 0.15) is 17.0 Å². The number of carbonyl (C=O) groups excluding carboxylic acids is 1. The zero-order valence-electron chi connectivity index (χ0n) is 13.5. The van der Waals surface area contributed by atoms with E-state index in [0.29, 0.717) is 12.1 Å². The fourth-order valence-corrected chi connectivity index (χ4v) is 2.29. The number of rotatable bonds is 7. The molecule has 24 heavy (non-hydrogen) atoms. The third-order valence-electron chi connectivity index (χ3n) is 3.18. The Morgan fingerprint density at radius 2 is 2.04 bits per heavy atom. The van der Waals surface area contributed by atoms with E-state index < -0.39 is 24.0 Å². The van der Waals surface area contributed by atoms with Gasteiger partial charge in [0.05, 0.1) is 23.0 Å². The maximum Gasteiger partial charge on any atom is 0.250 e. The summed E-state index contributed by atoms with van der Waals surface area (Å²) in [4.78, 5) is 11.8. The van der Waals surface area contributed by atoms with Crippen LogP contribution < -0.4 is 27.8 Å². The number of aliphatic hydroxyl groups excluding tert-OH is 1. The van der Waals surface area contributed by atoms with Gasteiger partial charge >= 0.3 is 0 Å². The van der Waals surface area contributed by atoms with Crippen molar-refractivity contribution in [1.29, 1.82) is 0 Å². The lowest BCUT2D eigenvalue weighted by atomic mass is 10.1. The second-order valence-electron chi connectivity index (χ2n) is 5.27. The largest absolute Gasteiger partial charge is 0.402 e. The minimum atomic E-state index is -1.18. The molecule has 0 saturated heterocycles. The van der Waals surface area contributed by atoms with Crippen molar-refractivity contribution in [1.82, 2.24) is 0 Å². The summed E-state index contributed by atoms with van der Waals surface area (Å²) in [6, 6.07) is 1.77. The number of primary amides is 1. The number of aliphatic hydroxyl groups is 1. The van der Waals surface area contributed by atoms with E-state index in [-0.39, 0.29) is 21.9 Å². The van der Waals surface area contributed by atoms with Crippen molar-refractivity contribution in [2.75, 3.05) is 10.6 Å². The van der Waals surface area contributed by atoms with Crippen LogP contribution in [0.3, 0.4) is 0 Å². The summed E-state index contributed by atoms with van der Waals surface area (Å²) in [5.74, 6) is -1.52. The molecule has 9 heteroatoms. The van der Waals surface area contributed by atoms with Crippen molar-refractivity contribution >= 4 is 34.5 Å². The lowest BCUT2D eigenvalue weighted by Gasteiger charge is -2.22. The van der Waals surface area contributed by atoms with Gasteiger partial charge in [0.25, 0.3) is 5.91 Å². The van der Waals surface area contributed by atoms with Crippen molar-refractivity contribution < 1.29 is 14.3 Å². The van der Waals surface area contributed by atoms with Crippen LogP contribution in [0.25, 0.3) is 0 Å². The molecule has 1 amide bonds.